The zero-order chi connectivity index (χ0) is 29.0. The lowest BCUT2D eigenvalue weighted by molar-refractivity contribution is -0.137. The monoisotopic (exact) mass is 580 g/mol. The predicted molar refractivity (Wildman–Crippen MR) is 156 cm³/mol. The Bertz CT molecular complexity index is 1500. The van der Waals surface area contributed by atoms with Crippen LogP contribution in [0.2, 0.25) is 0 Å². The van der Waals surface area contributed by atoms with Gasteiger partial charge in [-0.15, -0.1) is 11.8 Å². The van der Waals surface area contributed by atoms with Crippen molar-refractivity contribution in [1.82, 2.24) is 14.8 Å². The number of carbonyl (C=O) groups excluding carboxylic acids is 2. The highest BCUT2D eigenvalue weighted by Crippen LogP contribution is 2.30. The van der Waals surface area contributed by atoms with Gasteiger partial charge in [0.1, 0.15) is 6.54 Å². The highest BCUT2D eigenvalue weighted by atomic mass is 32.2. The number of H-pyrrole nitrogens is 1. The number of benzene rings is 3. The van der Waals surface area contributed by atoms with Gasteiger partial charge in [-0.3, -0.25) is 4.79 Å². The Labute approximate surface area is 240 Å². The third-order valence-corrected chi connectivity index (χ3v) is 7.97. The van der Waals surface area contributed by atoms with Gasteiger partial charge in [-0.1, -0.05) is 30.3 Å². The summed E-state index contributed by atoms with van der Waals surface area (Å²) in [5.41, 5.74) is 2.52. The molecule has 4 aromatic rings. The van der Waals surface area contributed by atoms with Gasteiger partial charge in [0.05, 0.1) is 5.56 Å². The quantitative estimate of drug-likeness (QED) is 0.195. The van der Waals surface area contributed by atoms with Crippen LogP contribution in [0.1, 0.15) is 29.5 Å². The molecule has 0 radical (unpaired) electrons. The van der Waals surface area contributed by atoms with Crippen molar-refractivity contribution in [3.63, 3.8) is 0 Å². The maximum Gasteiger partial charge on any atom is 0.416 e. The number of halogens is 3. The van der Waals surface area contributed by atoms with Crippen molar-refractivity contribution in [3.8, 4) is 0 Å². The van der Waals surface area contributed by atoms with Gasteiger partial charge >= 0.3 is 12.2 Å². The normalized spacial score (nSPS) is 13.3. The molecule has 2 N–H and O–H groups in total. The Morgan fingerprint density at radius 3 is 2.37 bits per heavy atom. The van der Waals surface area contributed by atoms with Crippen molar-refractivity contribution in [1.29, 1.82) is 0 Å². The number of para-hydroxylation sites is 1. The number of fused-ring (bicyclic) bond motifs is 1. The second-order valence-corrected chi connectivity index (χ2v) is 11.0. The van der Waals surface area contributed by atoms with E-state index in [0.29, 0.717) is 24.2 Å². The molecule has 41 heavy (non-hydrogen) atoms. The van der Waals surface area contributed by atoms with Crippen LogP contribution in [0.3, 0.4) is 0 Å². The van der Waals surface area contributed by atoms with E-state index < -0.39 is 11.7 Å². The highest BCUT2D eigenvalue weighted by molar-refractivity contribution is 7.98. The lowest BCUT2D eigenvalue weighted by atomic mass is 10.1. The molecule has 6 nitrogen and oxygen atoms in total. The van der Waals surface area contributed by atoms with E-state index >= 15 is 0 Å². The van der Waals surface area contributed by atoms with Crippen LogP contribution in [0.15, 0.2) is 83.9 Å². The van der Waals surface area contributed by atoms with Crippen molar-refractivity contribution in [2.24, 2.45) is 0 Å². The molecule has 1 heterocycles. The molecule has 0 atom stereocenters. The van der Waals surface area contributed by atoms with Crippen LogP contribution in [-0.2, 0) is 23.9 Å². The first-order chi connectivity index (χ1) is 19.7. The van der Waals surface area contributed by atoms with E-state index in [1.807, 2.05) is 61.0 Å². The molecule has 1 fully saturated rings. The molecular weight excluding hydrogens is 549 g/mol. The van der Waals surface area contributed by atoms with E-state index in [9.17, 15) is 22.8 Å². The molecule has 0 bridgehead atoms. The number of amides is 3. The van der Waals surface area contributed by atoms with Gasteiger partial charge in [-0.2, -0.15) is 13.2 Å². The fourth-order valence-electron chi connectivity index (χ4n) is 4.77. The number of rotatable bonds is 10. The number of hydrogen-bond donors (Lipinski definition) is 2. The van der Waals surface area contributed by atoms with Crippen molar-refractivity contribution in [3.05, 3.63) is 95.7 Å². The van der Waals surface area contributed by atoms with Crippen LogP contribution in [0, 0.1) is 0 Å². The summed E-state index contributed by atoms with van der Waals surface area (Å²) in [5.74, 6) is -0.260. The number of anilines is 1. The average molecular weight is 581 g/mol. The lowest BCUT2D eigenvalue weighted by Crippen LogP contribution is -2.45. The zero-order valence-corrected chi connectivity index (χ0v) is 23.4. The summed E-state index contributed by atoms with van der Waals surface area (Å²) in [4.78, 5) is 34.4. The van der Waals surface area contributed by atoms with Crippen molar-refractivity contribution >= 4 is 40.3 Å². The summed E-state index contributed by atoms with van der Waals surface area (Å²) >= 11 is 1.60. The van der Waals surface area contributed by atoms with Crippen LogP contribution in [0.4, 0.5) is 23.7 Å². The minimum atomic E-state index is -4.43. The molecule has 0 aliphatic heterocycles. The summed E-state index contributed by atoms with van der Waals surface area (Å²) in [6.07, 6.45) is 1.65. The first-order valence-electron chi connectivity index (χ1n) is 13.4. The van der Waals surface area contributed by atoms with Crippen LogP contribution in [-0.4, -0.2) is 52.1 Å². The predicted octanol–water partition coefficient (Wildman–Crippen LogP) is 7.18. The van der Waals surface area contributed by atoms with Gasteiger partial charge in [0.25, 0.3) is 0 Å². The topological polar surface area (TPSA) is 68.4 Å². The number of urea groups is 1. The SMILES string of the molecule is CSc1ccc(NC(=O)N(CC(=O)N(CCc2c[nH]c3ccccc23)Cc2ccc(C(F)(F)F)cc2)C2CC2)cc1. The molecule has 214 valence electrons. The van der Waals surface area contributed by atoms with Gasteiger partial charge in [-0.05, 0) is 79.1 Å². The number of thioether (sulfide) groups is 1. The maximum absolute atomic E-state index is 13.7. The Hall–Kier alpha value is -3.92. The molecule has 10 heteroatoms. The third kappa shape index (κ3) is 7.24. The van der Waals surface area contributed by atoms with Crippen LogP contribution in [0.25, 0.3) is 10.9 Å². The lowest BCUT2D eigenvalue weighted by Gasteiger charge is -2.28. The van der Waals surface area contributed by atoms with Crippen molar-refractivity contribution in [2.45, 2.75) is 42.9 Å². The van der Waals surface area contributed by atoms with Gasteiger partial charge < -0.3 is 20.1 Å². The Morgan fingerprint density at radius 1 is 1.00 bits per heavy atom. The maximum atomic E-state index is 13.7. The third-order valence-electron chi connectivity index (χ3n) is 7.23. The zero-order valence-electron chi connectivity index (χ0n) is 22.6. The Morgan fingerprint density at radius 2 is 1.71 bits per heavy atom. The van der Waals surface area contributed by atoms with Crippen LogP contribution >= 0.6 is 11.8 Å². The molecule has 0 unspecified atom stereocenters. The molecule has 1 aliphatic rings. The average Bonchev–Trinajstić information content (AvgIpc) is 3.73. The Kier molecular flexibility index (Phi) is 8.58. The molecule has 0 saturated heterocycles. The highest BCUT2D eigenvalue weighted by Gasteiger charge is 2.35. The molecule has 1 saturated carbocycles. The van der Waals surface area contributed by atoms with Crippen molar-refractivity contribution < 1.29 is 22.8 Å². The summed E-state index contributed by atoms with van der Waals surface area (Å²) in [6.45, 7) is 0.363. The minimum absolute atomic E-state index is 0.0223. The summed E-state index contributed by atoms with van der Waals surface area (Å²) < 4.78 is 39.3. The molecule has 3 amide bonds. The van der Waals surface area contributed by atoms with E-state index in [1.165, 1.54) is 12.1 Å². The number of nitrogens with one attached hydrogen (secondary N) is 2. The molecule has 0 spiro atoms. The van der Waals surface area contributed by atoms with Crippen LogP contribution < -0.4 is 5.32 Å². The van der Waals surface area contributed by atoms with Gasteiger partial charge in [0.2, 0.25) is 5.91 Å². The van der Waals surface area contributed by atoms with Gasteiger partial charge in [0.15, 0.2) is 0 Å². The molecule has 1 aromatic heterocycles. The fourth-order valence-corrected chi connectivity index (χ4v) is 5.18. The first-order valence-corrected chi connectivity index (χ1v) is 14.6. The molecule has 5 rings (SSSR count). The number of nitrogens with zero attached hydrogens (tertiary/aromatic N) is 2. The van der Waals surface area contributed by atoms with E-state index in [1.54, 1.807) is 21.6 Å². The number of alkyl halides is 3. The summed E-state index contributed by atoms with van der Waals surface area (Å²) in [5, 5.41) is 3.96. The second-order valence-electron chi connectivity index (χ2n) is 10.1. The summed E-state index contributed by atoms with van der Waals surface area (Å²) in [7, 11) is 0. The van der Waals surface area contributed by atoms with E-state index in [0.717, 1.165) is 46.3 Å². The van der Waals surface area contributed by atoms with Crippen LogP contribution in [0.5, 0.6) is 0 Å². The van der Waals surface area contributed by atoms with E-state index in [-0.39, 0.29) is 31.1 Å². The number of hydrogen-bond acceptors (Lipinski definition) is 3. The second kappa shape index (κ2) is 12.3. The fraction of sp³-hybridized carbons (Fsp3) is 0.290. The minimum Gasteiger partial charge on any atom is -0.361 e. The smallest absolute Gasteiger partial charge is 0.361 e. The summed E-state index contributed by atoms with van der Waals surface area (Å²) in [6, 6.07) is 19.9. The first kappa shape index (κ1) is 28.6. The molecular formula is C31H31F3N4O2S. The van der Waals surface area contributed by atoms with E-state index in [4.69, 9.17) is 0 Å². The Balaban J connectivity index is 1.32. The van der Waals surface area contributed by atoms with E-state index in [2.05, 4.69) is 10.3 Å². The standard InChI is InChI=1S/C31H31F3N4O2S/c1-41-26-14-10-24(11-15-26)36-30(40)38(25-12-13-25)20-29(39)37(19-21-6-8-23(9-7-21)31(32,33)34)17-16-22-18-35-28-5-3-2-4-27(22)28/h2-11,14-15,18,25,35H,12-13,16-17,19-20H2,1H3,(H,36,40). The number of carbonyl (C=O) groups is 2. The van der Waals surface area contributed by atoms with Gasteiger partial charge in [0, 0.05) is 46.8 Å². The van der Waals surface area contributed by atoms with Gasteiger partial charge in [-0.25, -0.2) is 4.79 Å². The number of aromatic amines is 1. The molecule has 1 aliphatic carbocycles. The molecule has 3 aromatic carbocycles. The van der Waals surface area contributed by atoms with Crippen molar-refractivity contribution in [2.75, 3.05) is 24.7 Å². The largest absolute Gasteiger partial charge is 0.416 e. The number of aromatic nitrogens is 1.